The van der Waals surface area contributed by atoms with Crippen molar-refractivity contribution in [3.63, 3.8) is 0 Å². The molecule has 0 aliphatic heterocycles. The van der Waals surface area contributed by atoms with Gasteiger partial charge in [-0.2, -0.15) is 0 Å². The number of methoxy groups -OCH3 is 2. The summed E-state index contributed by atoms with van der Waals surface area (Å²) in [4.78, 5) is 0. The van der Waals surface area contributed by atoms with Crippen molar-refractivity contribution in [2.45, 2.75) is 111 Å². The molecule has 178 valence electrons. The number of rotatable bonds is 7. The molecule has 4 aliphatic rings. The Labute approximate surface area is 192 Å². The van der Waals surface area contributed by atoms with Crippen LogP contribution in [0.3, 0.4) is 0 Å². The van der Waals surface area contributed by atoms with Gasteiger partial charge in [-0.15, -0.1) is 0 Å². The molecule has 0 aromatic carbocycles. The van der Waals surface area contributed by atoms with Gasteiger partial charge in [0.25, 0.3) is 0 Å². The van der Waals surface area contributed by atoms with Crippen LogP contribution in [0, 0.1) is 46.3 Å². The second kappa shape index (κ2) is 9.13. The normalized spacial score (nSPS) is 45.6. The molecule has 0 heterocycles. The highest BCUT2D eigenvalue weighted by molar-refractivity contribution is 5.28. The van der Waals surface area contributed by atoms with Gasteiger partial charge in [0, 0.05) is 14.2 Å². The maximum atomic E-state index is 6.25. The second-order valence-electron chi connectivity index (χ2n) is 12.7. The number of fused-ring (bicyclic) bond motifs is 5. The largest absolute Gasteiger partial charge is 0.381 e. The molecule has 4 aliphatic carbocycles. The predicted octanol–water partition coefficient (Wildman–Crippen LogP) is 7.67. The minimum atomic E-state index is 0.309. The van der Waals surface area contributed by atoms with Crippen LogP contribution in [0.1, 0.15) is 98.8 Å². The first-order valence-electron chi connectivity index (χ1n) is 13.5. The summed E-state index contributed by atoms with van der Waals surface area (Å²) in [6, 6.07) is 0. The Balaban J connectivity index is 1.56. The molecule has 0 saturated heterocycles. The maximum absolute atomic E-state index is 6.25. The van der Waals surface area contributed by atoms with Crippen molar-refractivity contribution in [1.82, 2.24) is 0 Å². The highest BCUT2D eigenvalue weighted by Gasteiger charge is 2.61. The van der Waals surface area contributed by atoms with E-state index in [-0.39, 0.29) is 0 Å². The Morgan fingerprint density at radius 2 is 1.71 bits per heavy atom. The monoisotopic (exact) mass is 430 g/mol. The Hall–Kier alpha value is -0.340. The van der Waals surface area contributed by atoms with Crippen LogP contribution >= 0.6 is 0 Å². The van der Waals surface area contributed by atoms with E-state index in [1.807, 2.05) is 14.2 Å². The lowest BCUT2D eigenvalue weighted by molar-refractivity contribution is -0.107. The molecule has 3 fully saturated rings. The number of hydrogen-bond acceptors (Lipinski definition) is 2. The third-order valence-electron chi connectivity index (χ3n) is 10.9. The third kappa shape index (κ3) is 4.07. The first-order valence-corrected chi connectivity index (χ1v) is 13.5. The lowest BCUT2D eigenvalue weighted by Crippen LogP contribution is -2.55. The maximum Gasteiger partial charge on any atom is 0.0788 e. The predicted molar refractivity (Wildman–Crippen MR) is 130 cm³/mol. The fraction of sp³-hybridized carbons (Fsp3) is 0.931. The highest BCUT2D eigenvalue weighted by Crippen LogP contribution is 2.67. The zero-order valence-electron chi connectivity index (χ0n) is 21.6. The van der Waals surface area contributed by atoms with Crippen molar-refractivity contribution in [1.29, 1.82) is 0 Å². The summed E-state index contributed by atoms with van der Waals surface area (Å²) in [5, 5.41) is 0. The van der Waals surface area contributed by atoms with Crippen molar-refractivity contribution in [3.8, 4) is 0 Å². The van der Waals surface area contributed by atoms with Gasteiger partial charge in [-0.3, -0.25) is 0 Å². The van der Waals surface area contributed by atoms with E-state index in [1.165, 1.54) is 57.8 Å². The molecular weight excluding hydrogens is 380 g/mol. The van der Waals surface area contributed by atoms with E-state index < -0.39 is 0 Å². The lowest BCUT2D eigenvalue weighted by atomic mass is 9.46. The Bertz CT molecular complexity index is 653. The van der Waals surface area contributed by atoms with Crippen LogP contribution in [0.25, 0.3) is 0 Å². The zero-order valence-corrected chi connectivity index (χ0v) is 21.6. The molecule has 0 bridgehead atoms. The fourth-order valence-electron chi connectivity index (χ4n) is 9.04. The van der Waals surface area contributed by atoms with Crippen LogP contribution in [0.4, 0.5) is 0 Å². The van der Waals surface area contributed by atoms with Crippen LogP contribution < -0.4 is 0 Å². The van der Waals surface area contributed by atoms with E-state index in [9.17, 15) is 0 Å². The molecule has 0 amide bonds. The summed E-state index contributed by atoms with van der Waals surface area (Å²) < 4.78 is 12.0. The molecular formula is C29H50O2. The Morgan fingerprint density at radius 1 is 0.935 bits per heavy atom. The van der Waals surface area contributed by atoms with Crippen molar-refractivity contribution in [3.05, 3.63) is 11.6 Å². The van der Waals surface area contributed by atoms with Gasteiger partial charge in [-0.25, -0.2) is 0 Å². The first kappa shape index (κ1) is 23.8. The van der Waals surface area contributed by atoms with Gasteiger partial charge in [-0.05, 0) is 91.3 Å². The van der Waals surface area contributed by atoms with E-state index in [1.54, 1.807) is 5.57 Å². The molecule has 31 heavy (non-hydrogen) atoms. The molecule has 9 atom stereocenters. The smallest absolute Gasteiger partial charge is 0.0788 e. The summed E-state index contributed by atoms with van der Waals surface area (Å²) in [5.74, 6) is 4.96. The molecule has 0 spiro atoms. The number of ether oxygens (including phenoxy) is 2. The Morgan fingerprint density at radius 3 is 2.39 bits per heavy atom. The van der Waals surface area contributed by atoms with Gasteiger partial charge in [0.15, 0.2) is 0 Å². The highest BCUT2D eigenvalue weighted by atomic mass is 16.5. The molecule has 0 aromatic rings. The molecule has 0 N–H and O–H groups in total. The Kier molecular flexibility index (Phi) is 7.01. The van der Waals surface area contributed by atoms with Crippen LogP contribution in [0.15, 0.2) is 11.6 Å². The topological polar surface area (TPSA) is 18.5 Å². The first-order chi connectivity index (χ1) is 14.7. The third-order valence-corrected chi connectivity index (χ3v) is 10.9. The van der Waals surface area contributed by atoms with E-state index in [2.05, 4.69) is 40.7 Å². The molecule has 0 unspecified atom stereocenters. The van der Waals surface area contributed by atoms with E-state index in [0.717, 1.165) is 36.0 Å². The molecule has 0 aromatic heterocycles. The molecule has 2 heteroatoms. The summed E-state index contributed by atoms with van der Waals surface area (Å²) in [6.45, 7) is 12.6. The van der Waals surface area contributed by atoms with Crippen LogP contribution in [0.2, 0.25) is 0 Å². The molecule has 0 radical (unpaired) electrons. The van der Waals surface area contributed by atoms with Gasteiger partial charge in [-0.1, -0.05) is 65.5 Å². The van der Waals surface area contributed by atoms with Crippen molar-refractivity contribution in [2.75, 3.05) is 14.2 Å². The molecule has 4 rings (SSSR count). The average molecular weight is 431 g/mol. The minimum absolute atomic E-state index is 0.309. The number of hydrogen-bond donors (Lipinski definition) is 0. The minimum Gasteiger partial charge on any atom is -0.381 e. The van der Waals surface area contributed by atoms with Gasteiger partial charge in [0.1, 0.15) is 0 Å². The van der Waals surface area contributed by atoms with E-state index in [4.69, 9.17) is 9.47 Å². The zero-order chi connectivity index (χ0) is 22.4. The van der Waals surface area contributed by atoms with Gasteiger partial charge in [0.2, 0.25) is 0 Å². The van der Waals surface area contributed by atoms with Crippen LogP contribution in [-0.2, 0) is 9.47 Å². The standard InChI is InChI=1S/C29H50O2/c1-19(2)9-8-10-20(3)23-11-12-24-27-25(14-16-29(23,24)5)28(4)15-13-22(30-6)17-21(28)18-26(27)31-7/h18-20,22-27H,8-17H2,1-7H3/t20-,22+,23-,24+,25+,26+,27+,28+,29-/m1/s1. The van der Waals surface area contributed by atoms with Gasteiger partial charge >= 0.3 is 0 Å². The van der Waals surface area contributed by atoms with Gasteiger partial charge in [0.05, 0.1) is 12.2 Å². The van der Waals surface area contributed by atoms with Gasteiger partial charge < -0.3 is 9.47 Å². The fourth-order valence-corrected chi connectivity index (χ4v) is 9.04. The lowest BCUT2D eigenvalue weighted by Gasteiger charge is -2.60. The van der Waals surface area contributed by atoms with Crippen LogP contribution in [0.5, 0.6) is 0 Å². The van der Waals surface area contributed by atoms with Crippen molar-refractivity contribution in [2.24, 2.45) is 46.3 Å². The van der Waals surface area contributed by atoms with E-state index >= 15 is 0 Å². The van der Waals surface area contributed by atoms with E-state index in [0.29, 0.717) is 29.0 Å². The van der Waals surface area contributed by atoms with Crippen LogP contribution in [-0.4, -0.2) is 26.4 Å². The summed E-state index contributed by atoms with van der Waals surface area (Å²) in [7, 11) is 3.85. The molecule has 2 nitrogen and oxygen atoms in total. The molecule has 3 saturated carbocycles. The summed E-state index contributed by atoms with van der Waals surface area (Å²) >= 11 is 0. The van der Waals surface area contributed by atoms with Crippen molar-refractivity contribution >= 4 is 0 Å². The SMILES string of the molecule is CO[C@H]1CC[C@@]2(C)C(=C[C@H](OC)[C@H]3[C@@H]4CC[C@H]([C@H](C)CCCC(C)C)[C@@]4(C)CC[C@@H]32)C1. The second-order valence-corrected chi connectivity index (χ2v) is 12.7. The average Bonchev–Trinajstić information content (AvgIpc) is 3.09. The summed E-state index contributed by atoms with van der Waals surface area (Å²) in [6.07, 6.45) is 16.9. The van der Waals surface area contributed by atoms with Crippen molar-refractivity contribution < 1.29 is 9.47 Å². The summed E-state index contributed by atoms with van der Waals surface area (Å²) in [5.41, 5.74) is 2.54. The quantitative estimate of drug-likeness (QED) is 0.386.